The summed E-state index contributed by atoms with van der Waals surface area (Å²) in [5, 5.41) is 2.91. The van der Waals surface area contributed by atoms with Crippen LogP contribution in [-0.4, -0.2) is 53.7 Å². The first-order valence-corrected chi connectivity index (χ1v) is 10.1. The van der Waals surface area contributed by atoms with Gasteiger partial charge in [-0.1, -0.05) is 22.5 Å². The zero-order valence-electron chi connectivity index (χ0n) is 15.2. The lowest BCUT2D eigenvalue weighted by molar-refractivity contribution is -0.130. The first-order valence-electron chi connectivity index (χ1n) is 9.30. The van der Waals surface area contributed by atoms with E-state index in [0.717, 1.165) is 43.2 Å². The highest BCUT2D eigenvalue weighted by Gasteiger charge is 2.28. The fourth-order valence-corrected chi connectivity index (χ4v) is 4.15. The molecule has 0 bridgehead atoms. The number of nitrogens with one attached hydrogen (secondary N) is 1. The predicted octanol–water partition coefficient (Wildman–Crippen LogP) is 3.05. The maximum Gasteiger partial charge on any atom is 0.253 e. The van der Waals surface area contributed by atoms with Gasteiger partial charge in [-0.05, 0) is 50.0 Å². The maximum atomic E-state index is 12.7. The number of anilines is 1. The topological polar surface area (TPSA) is 69.7 Å². The zero-order valence-corrected chi connectivity index (χ0v) is 16.8. The van der Waals surface area contributed by atoms with Crippen molar-refractivity contribution in [3.63, 3.8) is 0 Å². The number of amides is 3. The summed E-state index contributed by atoms with van der Waals surface area (Å²) in [7, 11) is 0. The van der Waals surface area contributed by atoms with Crippen LogP contribution in [0.3, 0.4) is 0 Å². The molecule has 1 unspecified atom stereocenters. The van der Waals surface area contributed by atoms with Crippen LogP contribution in [0.1, 0.15) is 36.0 Å². The van der Waals surface area contributed by atoms with Gasteiger partial charge in [0, 0.05) is 41.9 Å². The zero-order chi connectivity index (χ0) is 19.4. The highest BCUT2D eigenvalue weighted by atomic mass is 79.9. The quantitative estimate of drug-likeness (QED) is 0.741. The monoisotopic (exact) mass is 433 g/mol. The van der Waals surface area contributed by atoms with E-state index in [1.807, 2.05) is 4.90 Å². The Kier molecular flexibility index (Phi) is 6.31. The van der Waals surface area contributed by atoms with Crippen LogP contribution in [0.25, 0.3) is 0 Å². The SMILES string of the molecule is C=CC(=O)N1CCCC(C(=O)Nc2cc(Br)cc(C(=O)N3CCCC3)c2)C1. The van der Waals surface area contributed by atoms with Gasteiger partial charge in [-0.2, -0.15) is 0 Å². The van der Waals surface area contributed by atoms with Gasteiger partial charge in [-0.15, -0.1) is 0 Å². The van der Waals surface area contributed by atoms with Crippen molar-refractivity contribution in [2.45, 2.75) is 25.7 Å². The van der Waals surface area contributed by atoms with Crippen LogP contribution in [0.5, 0.6) is 0 Å². The van der Waals surface area contributed by atoms with Gasteiger partial charge in [0.25, 0.3) is 5.91 Å². The molecular weight excluding hydrogens is 410 g/mol. The molecule has 7 heteroatoms. The first-order chi connectivity index (χ1) is 13.0. The standard InChI is InChI=1S/C20H24BrN3O3/c1-2-18(25)24-9-5-6-14(13-24)19(26)22-17-11-15(10-16(21)12-17)20(27)23-7-3-4-8-23/h2,10-12,14H,1,3-9,13H2,(H,22,26). The number of benzene rings is 1. The second kappa shape index (κ2) is 8.69. The third kappa shape index (κ3) is 4.77. The van der Waals surface area contributed by atoms with Crippen LogP contribution < -0.4 is 5.32 Å². The van der Waals surface area contributed by atoms with Crippen molar-refractivity contribution < 1.29 is 14.4 Å². The number of hydrogen-bond donors (Lipinski definition) is 1. The van der Waals surface area contributed by atoms with Gasteiger partial charge in [0.2, 0.25) is 11.8 Å². The van der Waals surface area contributed by atoms with Crippen LogP contribution in [0.15, 0.2) is 35.3 Å². The van der Waals surface area contributed by atoms with Gasteiger partial charge >= 0.3 is 0 Å². The lowest BCUT2D eigenvalue weighted by atomic mass is 9.97. The molecule has 2 fully saturated rings. The normalized spacial score (nSPS) is 19.7. The van der Waals surface area contributed by atoms with Crippen molar-refractivity contribution in [1.82, 2.24) is 9.80 Å². The Hall–Kier alpha value is -2.15. The summed E-state index contributed by atoms with van der Waals surface area (Å²) in [4.78, 5) is 40.6. The van der Waals surface area contributed by atoms with E-state index in [1.165, 1.54) is 6.08 Å². The largest absolute Gasteiger partial charge is 0.339 e. The van der Waals surface area contributed by atoms with Gasteiger partial charge in [-0.25, -0.2) is 0 Å². The summed E-state index contributed by atoms with van der Waals surface area (Å²) in [6, 6.07) is 5.29. The average molecular weight is 434 g/mol. The summed E-state index contributed by atoms with van der Waals surface area (Å²) in [6.07, 6.45) is 4.87. The second-order valence-electron chi connectivity index (χ2n) is 7.04. The number of carbonyl (C=O) groups excluding carboxylic acids is 3. The second-order valence-corrected chi connectivity index (χ2v) is 7.96. The lowest BCUT2D eigenvalue weighted by Crippen LogP contribution is -2.43. The highest BCUT2D eigenvalue weighted by molar-refractivity contribution is 9.10. The molecular formula is C20H24BrN3O3. The molecule has 2 heterocycles. The number of piperidine rings is 1. The molecule has 144 valence electrons. The van der Waals surface area contributed by atoms with E-state index in [0.29, 0.717) is 24.3 Å². The van der Waals surface area contributed by atoms with Crippen molar-refractivity contribution in [3.05, 3.63) is 40.9 Å². The molecule has 1 atom stereocenters. The Morgan fingerprint density at radius 3 is 2.48 bits per heavy atom. The van der Waals surface area contributed by atoms with E-state index in [2.05, 4.69) is 27.8 Å². The van der Waals surface area contributed by atoms with E-state index in [4.69, 9.17) is 0 Å². The summed E-state index contributed by atoms with van der Waals surface area (Å²) in [5.74, 6) is -0.549. The van der Waals surface area contributed by atoms with E-state index >= 15 is 0 Å². The fraction of sp³-hybridized carbons (Fsp3) is 0.450. The molecule has 1 N–H and O–H groups in total. The van der Waals surface area contributed by atoms with Gasteiger partial charge in [0.15, 0.2) is 0 Å². The van der Waals surface area contributed by atoms with Crippen LogP contribution in [0, 0.1) is 5.92 Å². The van der Waals surface area contributed by atoms with Crippen molar-refractivity contribution in [2.75, 3.05) is 31.5 Å². The Labute approximate surface area is 167 Å². The minimum absolute atomic E-state index is 0.00952. The van der Waals surface area contributed by atoms with Crippen LogP contribution in [0.2, 0.25) is 0 Å². The highest BCUT2D eigenvalue weighted by Crippen LogP contribution is 2.24. The Balaban J connectivity index is 1.69. The van der Waals surface area contributed by atoms with E-state index in [-0.39, 0.29) is 23.6 Å². The molecule has 0 aliphatic carbocycles. The Morgan fingerprint density at radius 1 is 1.07 bits per heavy atom. The molecule has 0 radical (unpaired) electrons. The summed E-state index contributed by atoms with van der Waals surface area (Å²) in [5.41, 5.74) is 1.15. The smallest absolute Gasteiger partial charge is 0.253 e. The van der Waals surface area contributed by atoms with E-state index < -0.39 is 0 Å². The van der Waals surface area contributed by atoms with Gasteiger partial charge in [-0.3, -0.25) is 14.4 Å². The van der Waals surface area contributed by atoms with Gasteiger partial charge in [0.1, 0.15) is 0 Å². The van der Waals surface area contributed by atoms with Crippen LogP contribution in [-0.2, 0) is 9.59 Å². The molecule has 0 saturated carbocycles. The van der Waals surface area contributed by atoms with Crippen molar-refractivity contribution >= 4 is 39.3 Å². The molecule has 2 saturated heterocycles. The summed E-state index contributed by atoms with van der Waals surface area (Å²) < 4.78 is 0.745. The number of halogens is 1. The van der Waals surface area contributed by atoms with Gasteiger partial charge in [0.05, 0.1) is 5.92 Å². The van der Waals surface area contributed by atoms with E-state index in [1.54, 1.807) is 23.1 Å². The molecule has 27 heavy (non-hydrogen) atoms. The van der Waals surface area contributed by atoms with Crippen LogP contribution >= 0.6 is 15.9 Å². The number of likely N-dealkylation sites (tertiary alicyclic amines) is 2. The molecule has 2 aliphatic rings. The van der Waals surface area contributed by atoms with Crippen molar-refractivity contribution in [1.29, 1.82) is 0 Å². The van der Waals surface area contributed by atoms with Crippen molar-refractivity contribution in [3.8, 4) is 0 Å². The number of rotatable bonds is 4. The fourth-order valence-electron chi connectivity index (χ4n) is 3.65. The Morgan fingerprint density at radius 2 is 1.78 bits per heavy atom. The molecule has 0 aromatic heterocycles. The van der Waals surface area contributed by atoms with Gasteiger partial charge < -0.3 is 15.1 Å². The molecule has 3 amide bonds. The van der Waals surface area contributed by atoms with E-state index in [9.17, 15) is 14.4 Å². The number of carbonyl (C=O) groups is 3. The third-order valence-electron chi connectivity index (χ3n) is 5.08. The maximum absolute atomic E-state index is 12.7. The first kappa shape index (κ1) is 19.6. The summed E-state index contributed by atoms with van der Waals surface area (Å²) in [6.45, 7) is 6.12. The molecule has 1 aromatic rings. The molecule has 1 aromatic carbocycles. The molecule has 2 aliphatic heterocycles. The third-order valence-corrected chi connectivity index (χ3v) is 5.54. The molecule has 0 spiro atoms. The van der Waals surface area contributed by atoms with Crippen molar-refractivity contribution in [2.24, 2.45) is 5.92 Å². The molecule has 6 nitrogen and oxygen atoms in total. The number of nitrogens with zero attached hydrogens (tertiary/aromatic N) is 2. The Bertz CT molecular complexity index is 759. The summed E-state index contributed by atoms with van der Waals surface area (Å²) >= 11 is 3.43. The number of hydrogen-bond acceptors (Lipinski definition) is 3. The predicted molar refractivity (Wildman–Crippen MR) is 107 cm³/mol. The minimum Gasteiger partial charge on any atom is -0.339 e. The molecule has 3 rings (SSSR count). The average Bonchev–Trinajstić information content (AvgIpc) is 3.21. The lowest BCUT2D eigenvalue weighted by Gasteiger charge is -2.31. The van der Waals surface area contributed by atoms with Crippen LogP contribution in [0.4, 0.5) is 5.69 Å². The minimum atomic E-state index is -0.264.